The quantitative estimate of drug-likeness (QED) is 0.284. The summed E-state index contributed by atoms with van der Waals surface area (Å²) in [6.45, 7) is 8.82. The van der Waals surface area contributed by atoms with Crippen LogP contribution in [0.25, 0.3) is 16.7 Å². The molecule has 2 aromatic rings. The van der Waals surface area contributed by atoms with Crippen LogP contribution in [0.4, 0.5) is 17.6 Å². The van der Waals surface area contributed by atoms with Gasteiger partial charge in [-0.2, -0.15) is 0 Å². The van der Waals surface area contributed by atoms with E-state index in [2.05, 4.69) is 13.2 Å². The Balaban J connectivity index is 2.08. The lowest BCUT2D eigenvalue weighted by Crippen LogP contribution is -2.24. The molecule has 0 N–H and O–H groups in total. The molecule has 0 heterocycles. The molecule has 0 fully saturated rings. The zero-order chi connectivity index (χ0) is 23.3. The van der Waals surface area contributed by atoms with Gasteiger partial charge in [0.15, 0.2) is 0 Å². The minimum absolute atomic E-state index is 0.112. The van der Waals surface area contributed by atoms with Gasteiger partial charge in [-0.25, -0.2) is 17.6 Å². The monoisotopic (exact) mass is 440 g/mol. The van der Waals surface area contributed by atoms with Crippen molar-refractivity contribution in [1.29, 1.82) is 0 Å². The molecule has 0 aromatic heterocycles. The van der Waals surface area contributed by atoms with Crippen molar-refractivity contribution in [2.75, 3.05) is 6.67 Å². The van der Waals surface area contributed by atoms with Gasteiger partial charge in [0.25, 0.3) is 5.92 Å². The molecule has 1 aliphatic carbocycles. The molecule has 1 aliphatic rings. The molecule has 0 saturated heterocycles. The maximum Gasteiger partial charge on any atom is 0.280 e. The largest absolute Gasteiger partial charge is 0.280 e. The van der Waals surface area contributed by atoms with Crippen LogP contribution in [-0.4, -0.2) is 6.67 Å². The molecular weight excluding hydrogens is 412 g/mol. The molecule has 0 radical (unpaired) electrons. The Hall–Kier alpha value is -2.88. The second-order valence-corrected chi connectivity index (χ2v) is 8.15. The molecule has 32 heavy (non-hydrogen) atoms. The number of hydrogen-bond acceptors (Lipinski definition) is 0. The highest BCUT2D eigenvalue weighted by molar-refractivity contribution is 5.85. The van der Waals surface area contributed by atoms with Crippen molar-refractivity contribution in [2.45, 2.75) is 45.0 Å². The van der Waals surface area contributed by atoms with Crippen LogP contribution in [-0.2, 0) is 12.3 Å². The lowest BCUT2D eigenvalue weighted by atomic mass is 9.79. The topological polar surface area (TPSA) is 0 Å². The van der Waals surface area contributed by atoms with Crippen LogP contribution >= 0.6 is 0 Å². The van der Waals surface area contributed by atoms with Crippen LogP contribution in [0.2, 0.25) is 0 Å². The van der Waals surface area contributed by atoms with Crippen molar-refractivity contribution in [3.05, 3.63) is 101 Å². The van der Waals surface area contributed by atoms with Gasteiger partial charge < -0.3 is 0 Å². The number of alkyl halides is 3. The minimum Gasteiger partial charge on any atom is -0.246 e. The summed E-state index contributed by atoms with van der Waals surface area (Å²) in [5.74, 6) is -4.29. The summed E-state index contributed by atoms with van der Waals surface area (Å²) in [5, 5.41) is 0. The highest BCUT2D eigenvalue weighted by Crippen LogP contribution is 2.49. The summed E-state index contributed by atoms with van der Waals surface area (Å²) in [6.07, 6.45) is 7.35. The van der Waals surface area contributed by atoms with E-state index in [0.29, 0.717) is 23.1 Å². The molecule has 0 spiro atoms. The van der Waals surface area contributed by atoms with Crippen molar-refractivity contribution in [3.8, 4) is 11.1 Å². The van der Waals surface area contributed by atoms with E-state index in [0.717, 1.165) is 24.8 Å². The lowest BCUT2D eigenvalue weighted by Gasteiger charge is -2.30. The SMILES string of the molecule is C=CCCc1ccc(-c2ccc3c(c2F)C(F)(F)CC(=C)/C3=C\C=C(/CF)CCC)cc1. The van der Waals surface area contributed by atoms with Crippen LogP contribution < -0.4 is 0 Å². The summed E-state index contributed by atoms with van der Waals surface area (Å²) in [5.41, 5.74) is 2.46. The highest BCUT2D eigenvalue weighted by atomic mass is 19.3. The number of rotatable bonds is 8. The number of benzene rings is 2. The minimum atomic E-state index is -3.37. The first-order valence-corrected chi connectivity index (χ1v) is 10.9. The molecule has 0 bridgehead atoms. The normalized spacial score (nSPS) is 16.8. The fourth-order valence-corrected chi connectivity index (χ4v) is 4.07. The van der Waals surface area contributed by atoms with E-state index in [1.165, 1.54) is 12.1 Å². The Morgan fingerprint density at radius 1 is 1.09 bits per heavy atom. The van der Waals surface area contributed by atoms with E-state index in [-0.39, 0.29) is 16.7 Å². The van der Waals surface area contributed by atoms with Gasteiger partial charge in [0, 0.05) is 12.0 Å². The first kappa shape index (κ1) is 23.8. The molecule has 168 valence electrons. The zero-order valence-corrected chi connectivity index (χ0v) is 18.4. The average molecular weight is 441 g/mol. The molecule has 0 aliphatic heterocycles. The molecule has 2 aromatic carbocycles. The Labute approximate surface area is 187 Å². The van der Waals surface area contributed by atoms with E-state index < -0.39 is 30.4 Å². The summed E-state index contributed by atoms with van der Waals surface area (Å²) in [4.78, 5) is 0. The lowest BCUT2D eigenvalue weighted by molar-refractivity contribution is -0.00832. The third-order valence-corrected chi connectivity index (χ3v) is 5.74. The third-order valence-electron chi connectivity index (χ3n) is 5.74. The fourth-order valence-electron chi connectivity index (χ4n) is 4.07. The highest BCUT2D eigenvalue weighted by Gasteiger charge is 2.43. The molecular formula is C28H28F4. The molecule has 3 rings (SSSR count). The first-order valence-electron chi connectivity index (χ1n) is 10.9. The van der Waals surface area contributed by atoms with Crippen molar-refractivity contribution < 1.29 is 17.6 Å². The molecule has 0 amide bonds. The number of hydrogen-bond donors (Lipinski definition) is 0. The van der Waals surface area contributed by atoms with Gasteiger partial charge in [-0.05, 0) is 52.7 Å². The molecule has 0 nitrogen and oxygen atoms in total. The van der Waals surface area contributed by atoms with Crippen LogP contribution in [0.5, 0.6) is 0 Å². The Morgan fingerprint density at radius 3 is 2.41 bits per heavy atom. The van der Waals surface area contributed by atoms with Crippen LogP contribution in [0.3, 0.4) is 0 Å². The van der Waals surface area contributed by atoms with E-state index in [9.17, 15) is 13.2 Å². The predicted octanol–water partition coefficient (Wildman–Crippen LogP) is 8.74. The van der Waals surface area contributed by atoms with Crippen molar-refractivity contribution in [1.82, 2.24) is 0 Å². The number of allylic oxidation sites excluding steroid dienone is 6. The van der Waals surface area contributed by atoms with Crippen molar-refractivity contribution in [2.24, 2.45) is 0 Å². The smallest absolute Gasteiger partial charge is 0.246 e. The summed E-state index contributed by atoms with van der Waals surface area (Å²) in [6, 6.07) is 10.3. The summed E-state index contributed by atoms with van der Waals surface area (Å²) in [7, 11) is 0. The number of aryl methyl sites for hydroxylation is 1. The molecule has 0 unspecified atom stereocenters. The average Bonchev–Trinajstić information content (AvgIpc) is 2.76. The van der Waals surface area contributed by atoms with E-state index in [4.69, 9.17) is 0 Å². The van der Waals surface area contributed by atoms with Gasteiger partial charge in [-0.15, -0.1) is 6.58 Å². The molecule has 0 saturated carbocycles. The number of halogens is 4. The van der Waals surface area contributed by atoms with Crippen LogP contribution in [0.1, 0.15) is 49.3 Å². The van der Waals surface area contributed by atoms with Gasteiger partial charge in [0.2, 0.25) is 0 Å². The van der Waals surface area contributed by atoms with Crippen molar-refractivity contribution in [3.63, 3.8) is 0 Å². The van der Waals surface area contributed by atoms with Crippen LogP contribution in [0, 0.1) is 5.82 Å². The maximum atomic E-state index is 15.5. The zero-order valence-electron chi connectivity index (χ0n) is 18.4. The summed E-state index contributed by atoms with van der Waals surface area (Å²) >= 11 is 0. The van der Waals surface area contributed by atoms with Gasteiger partial charge in [-0.1, -0.05) is 74.5 Å². The standard InChI is InChI=1S/C28H28F4/c1-4-6-8-20-9-12-22(13-10-20)24-15-16-25-23(14-11-21(18-29)7-5-2)19(3)17-28(31,32)26(25)27(24)30/h4,9-16H,1,3,5-8,17-18H2,2H3/b21-11-,23-14+. The van der Waals surface area contributed by atoms with Gasteiger partial charge >= 0.3 is 0 Å². The van der Waals surface area contributed by atoms with Gasteiger partial charge in [0.1, 0.15) is 12.5 Å². The van der Waals surface area contributed by atoms with E-state index in [1.807, 2.05) is 25.1 Å². The second-order valence-electron chi connectivity index (χ2n) is 8.15. The Bertz CT molecular complexity index is 1060. The number of fused-ring (bicyclic) bond motifs is 1. The second kappa shape index (κ2) is 10.2. The van der Waals surface area contributed by atoms with Gasteiger partial charge in [-0.3, -0.25) is 0 Å². The first-order chi connectivity index (χ1) is 15.3. The summed E-state index contributed by atoms with van der Waals surface area (Å²) < 4.78 is 58.6. The van der Waals surface area contributed by atoms with Crippen LogP contribution in [0.15, 0.2) is 78.9 Å². The molecule has 4 heteroatoms. The molecule has 0 atom stereocenters. The predicted molar refractivity (Wildman–Crippen MR) is 125 cm³/mol. The maximum absolute atomic E-state index is 15.5. The Kier molecular flexibility index (Phi) is 7.55. The van der Waals surface area contributed by atoms with E-state index >= 15 is 4.39 Å². The van der Waals surface area contributed by atoms with Crippen molar-refractivity contribution >= 4 is 5.57 Å². The Morgan fingerprint density at radius 2 is 1.78 bits per heavy atom. The fraction of sp³-hybridized carbons (Fsp3) is 0.286. The van der Waals surface area contributed by atoms with E-state index in [1.54, 1.807) is 24.3 Å². The van der Waals surface area contributed by atoms with Gasteiger partial charge in [0.05, 0.1) is 5.56 Å². The third kappa shape index (κ3) is 4.95.